The van der Waals surface area contributed by atoms with Crippen molar-refractivity contribution in [2.75, 3.05) is 13.1 Å². The Hall–Kier alpha value is -2.47. The van der Waals surface area contributed by atoms with Gasteiger partial charge >= 0.3 is 0 Å². The summed E-state index contributed by atoms with van der Waals surface area (Å²) in [6, 6.07) is 9.70. The zero-order valence-corrected chi connectivity index (χ0v) is 16.4. The van der Waals surface area contributed by atoms with E-state index < -0.39 is 6.10 Å². The molecular formula is C22H27N3O3. The fourth-order valence-electron chi connectivity index (χ4n) is 4.50. The second kappa shape index (κ2) is 7.17. The maximum Gasteiger partial charge on any atom is 0.254 e. The SMILES string of the molecule is CC(C)C(O)C(=O)N1CCC2(CCc3c2nc(-c2ccccc2)[nH]c3=O)CC1. The highest BCUT2D eigenvalue weighted by molar-refractivity contribution is 5.81. The van der Waals surface area contributed by atoms with Gasteiger partial charge in [-0.2, -0.15) is 0 Å². The predicted molar refractivity (Wildman–Crippen MR) is 107 cm³/mol. The fourth-order valence-corrected chi connectivity index (χ4v) is 4.50. The number of aromatic nitrogens is 2. The molecular weight excluding hydrogens is 354 g/mol. The van der Waals surface area contributed by atoms with E-state index >= 15 is 0 Å². The van der Waals surface area contributed by atoms with E-state index in [0.717, 1.165) is 42.5 Å². The molecule has 1 aromatic heterocycles. The lowest BCUT2D eigenvalue weighted by Crippen LogP contribution is -2.49. The van der Waals surface area contributed by atoms with Crippen molar-refractivity contribution in [2.24, 2.45) is 5.92 Å². The number of rotatable bonds is 3. The Balaban J connectivity index is 1.61. The molecule has 0 bridgehead atoms. The highest BCUT2D eigenvalue weighted by Crippen LogP contribution is 2.44. The Morgan fingerprint density at radius 1 is 1.18 bits per heavy atom. The van der Waals surface area contributed by atoms with E-state index in [1.54, 1.807) is 4.90 Å². The number of hydrogen-bond donors (Lipinski definition) is 2. The van der Waals surface area contributed by atoms with Crippen molar-refractivity contribution in [3.05, 3.63) is 51.9 Å². The third kappa shape index (κ3) is 3.15. The quantitative estimate of drug-likeness (QED) is 0.854. The summed E-state index contributed by atoms with van der Waals surface area (Å²) in [5, 5.41) is 10.1. The lowest BCUT2D eigenvalue weighted by molar-refractivity contribution is -0.144. The number of carbonyl (C=O) groups excluding carboxylic acids is 1. The number of amides is 1. The van der Waals surface area contributed by atoms with Gasteiger partial charge in [0.1, 0.15) is 11.9 Å². The number of H-pyrrole nitrogens is 1. The average molecular weight is 381 g/mol. The number of carbonyl (C=O) groups is 1. The Morgan fingerprint density at radius 2 is 1.86 bits per heavy atom. The van der Waals surface area contributed by atoms with Crippen LogP contribution in [0.2, 0.25) is 0 Å². The Bertz CT molecular complexity index is 928. The van der Waals surface area contributed by atoms with Crippen molar-refractivity contribution in [1.29, 1.82) is 0 Å². The van der Waals surface area contributed by atoms with Crippen LogP contribution in [-0.4, -0.2) is 45.1 Å². The number of aliphatic hydroxyl groups excluding tert-OH is 1. The molecule has 2 N–H and O–H groups in total. The monoisotopic (exact) mass is 381 g/mol. The lowest BCUT2D eigenvalue weighted by Gasteiger charge is -2.40. The maximum atomic E-state index is 12.7. The molecule has 4 rings (SSSR count). The first-order valence-electron chi connectivity index (χ1n) is 10.1. The molecule has 1 aromatic carbocycles. The molecule has 6 nitrogen and oxygen atoms in total. The first-order chi connectivity index (χ1) is 13.4. The predicted octanol–water partition coefficient (Wildman–Crippen LogP) is 2.26. The molecule has 2 aromatic rings. The van der Waals surface area contributed by atoms with E-state index in [1.165, 1.54) is 0 Å². The number of fused-ring (bicyclic) bond motifs is 2. The summed E-state index contributed by atoms with van der Waals surface area (Å²) >= 11 is 0. The minimum Gasteiger partial charge on any atom is -0.383 e. The van der Waals surface area contributed by atoms with E-state index in [0.29, 0.717) is 18.9 Å². The summed E-state index contributed by atoms with van der Waals surface area (Å²) < 4.78 is 0. The minimum absolute atomic E-state index is 0.0468. The molecule has 0 radical (unpaired) electrons. The number of nitrogens with zero attached hydrogens (tertiary/aromatic N) is 2. The molecule has 0 saturated carbocycles. The van der Waals surface area contributed by atoms with Gasteiger partial charge in [-0.15, -0.1) is 0 Å². The number of hydrogen-bond acceptors (Lipinski definition) is 4. The summed E-state index contributed by atoms with van der Waals surface area (Å²) in [4.78, 5) is 34.7. The zero-order chi connectivity index (χ0) is 19.9. The maximum absolute atomic E-state index is 12.7. The van der Waals surface area contributed by atoms with E-state index in [2.05, 4.69) is 4.98 Å². The summed E-state index contributed by atoms with van der Waals surface area (Å²) in [7, 11) is 0. The highest BCUT2D eigenvalue weighted by Gasteiger charge is 2.45. The molecule has 2 aliphatic rings. The Morgan fingerprint density at radius 3 is 2.50 bits per heavy atom. The van der Waals surface area contributed by atoms with Crippen molar-refractivity contribution in [2.45, 2.75) is 51.0 Å². The van der Waals surface area contributed by atoms with Crippen LogP contribution in [0.5, 0.6) is 0 Å². The van der Waals surface area contributed by atoms with Crippen molar-refractivity contribution in [3.8, 4) is 11.4 Å². The first kappa shape index (κ1) is 18.9. The molecule has 1 fully saturated rings. The molecule has 1 aliphatic heterocycles. The molecule has 1 atom stereocenters. The van der Waals surface area contributed by atoms with Gasteiger partial charge in [0.25, 0.3) is 11.5 Å². The smallest absolute Gasteiger partial charge is 0.254 e. The summed E-state index contributed by atoms with van der Waals surface area (Å²) in [6.45, 7) is 4.89. The van der Waals surface area contributed by atoms with E-state index in [1.807, 2.05) is 44.2 Å². The normalized spacial score (nSPS) is 19.1. The topological polar surface area (TPSA) is 86.3 Å². The molecule has 1 amide bonds. The number of piperidine rings is 1. The summed E-state index contributed by atoms with van der Waals surface area (Å²) in [5.41, 5.74) is 2.41. The second-order valence-electron chi connectivity index (χ2n) is 8.40. The van der Waals surface area contributed by atoms with Gasteiger partial charge in [0.2, 0.25) is 0 Å². The number of nitrogens with one attached hydrogen (secondary N) is 1. The van der Waals surface area contributed by atoms with Crippen LogP contribution in [0.3, 0.4) is 0 Å². The van der Waals surface area contributed by atoms with Crippen LogP contribution in [0.25, 0.3) is 11.4 Å². The van der Waals surface area contributed by atoms with Gasteiger partial charge in [-0.3, -0.25) is 9.59 Å². The van der Waals surface area contributed by atoms with Crippen molar-refractivity contribution < 1.29 is 9.90 Å². The average Bonchev–Trinajstić information content (AvgIpc) is 3.06. The third-order valence-electron chi connectivity index (χ3n) is 6.34. The number of aliphatic hydroxyl groups is 1. The molecule has 1 aliphatic carbocycles. The molecule has 1 saturated heterocycles. The molecule has 1 spiro atoms. The highest BCUT2D eigenvalue weighted by atomic mass is 16.3. The standard InChI is InChI=1S/C22H27N3O3/c1-14(2)17(26)21(28)25-12-10-22(11-13-25)9-8-16-18(22)23-19(24-20(16)27)15-6-4-3-5-7-15/h3-7,14,17,26H,8-13H2,1-2H3,(H,23,24,27). The van der Waals surface area contributed by atoms with Gasteiger partial charge in [-0.25, -0.2) is 4.98 Å². The van der Waals surface area contributed by atoms with Crippen LogP contribution in [0.4, 0.5) is 0 Å². The summed E-state index contributed by atoms with van der Waals surface area (Å²) in [5.74, 6) is 0.329. The van der Waals surface area contributed by atoms with E-state index in [4.69, 9.17) is 4.98 Å². The molecule has 2 heterocycles. The van der Waals surface area contributed by atoms with E-state index in [-0.39, 0.29) is 22.8 Å². The van der Waals surface area contributed by atoms with E-state index in [9.17, 15) is 14.7 Å². The second-order valence-corrected chi connectivity index (χ2v) is 8.40. The van der Waals surface area contributed by atoms with Gasteiger partial charge in [-0.1, -0.05) is 44.2 Å². The molecule has 28 heavy (non-hydrogen) atoms. The van der Waals surface area contributed by atoms with Crippen LogP contribution < -0.4 is 5.56 Å². The van der Waals surface area contributed by atoms with Crippen LogP contribution in [0.15, 0.2) is 35.1 Å². The van der Waals surface area contributed by atoms with Crippen LogP contribution in [-0.2, 0) is 16.6 Å². The number of aromatic amines is 1. The van der Waals surface area contributed by atoms with Crippen LogP contribution in [0, 0.1) is 5.92 Å². The zero-order valence-electron chi connectivity index (χ0n) is 16.4. The third-order valence-corrected chi connectivity index (χ3v) is 6.34. The van der Waals surface area contributed by atoms with Gasteiger partial charge in [0, 0.05) is 29.6 Å². The van der Waals surface area contributed by atoms with Crippen molar-refractivity contribution in [1.82, 2.24) is 14.9 Å². The van der Waals surface area contributed by atoms with Gasteiger partial charge < -0.3 is 15.0 Å². The first-order valence-corrected chi connectivity index (χ1v) is 10.1. The van der Waals surface area contributed by atoms with Crippen LogP contribution in [0.1, 0.15) is 44.4 Å². The van der Waals surface area contributed by atoms with Crippen LogP contribution >= 0.6 is 0 Å². The molecule has 6 heteroatoms. The van der Waals surface area contributed by atoms with Gasteiger partial charge in [0.15, 0.2) is 0 Å². The summed E-state index contributed by atoms with van der Waals surface area (Å²) in [6.07, 6.45) is 2.24. The largest absolute Gasteiger partial charge is 0.383 e. The Labute approximate surface area is 164 Å². The fraction of sp³-hybridized carbons (Fsp3) is 0.500. The van der Waals surface area contributed by atoms with Gasteiger partial charge in [0.05, 0.1) is 5.69 Å². The number of likely N-dealkylation sites (tertiary alicyclic amines) is 1. The van der Waals surface area contributed by atoms with Gasteiger partial charge in [-0.05, 0) is 31.6 Å². The minimum atomic E-state index is -0.949. The lowest BCUT2D eigenvalue weighted by atomic mass is 9.76. The van der Waals surface area contributed by atoms with Crippen molar-refractivity contribution in [3.63, 3.8) is 0 Å². The number of benzene rings is 1. The molecule has 1 unspecified atom stereocenters. The molecule has 148 valence electrons. The Kier molecular flexibility index (Phi) is 4.83. The van der Waals surface area contributed by atoms with Crippen molar-refractivity contribution >= 4 is 5.91 Å².